The van der Waals surface area contributed by atoms with Crippen molar-refractivity contribution in [2.24, 2.45) is 5.73 Å². The molecule has 1 aromatic carbocycles. The summed E-state index contributed by atoms with van der Waals surface area (Å²) < 4.78 is 1.27. The molecule has 0 aliphatic heterocycles. The second-order valence-corrected chi connectivity index (χ2v) is 4.83. The second kappa shape index (κ2) is 3.84. The molecular formula is C10H13IN2. The Labute approximate surface area is 92.0 Å². The Kier molecular flexibility index (Phi) is 2.74. The molecule has 0 spiro atoms. The van der Waals surface area contributed by atoms with Gasteiger partial charge in [0.25, 0.3) is 0 Å². The first-order valence-corrected chi connectivity index (χ1v) is 5.59. The van der Waals surface area contributed by atoms with E-state index in [1.54, 1.807) is 0 Å². The van der Waals surface area contributed by atoms with Crippen LogP contribution < -0.4 is 11.1 Å². The van der Waals surface area contributed by atoms with Crippen molar-refractivity contribution < 1.29 is 0 Å². The van der Waals surface area contributed by atoms with Crippen LogP contribution >= 0.6 is 22.6 Å². The molecule has 2 nitrogen and oxygen atoms in total. The zero-order valence-corrected chi connectivity index (χ0v) is 9.49. The van der Waals surface area contributed by atoms with Gasteiger partial charge in [-0.2, -0.15) is 0 Å². The molecule has 3 N–H and O–H groups in total. The number of nitrogens with two attached hydrogens (primary N) is 1. The van der Waals surface area contributed by atoms with Gasteiger partial charge in [0.05, 0.1) is 0 Å². The standard InChI is InChI=1S/C10H13IN2/c11-7-1-3-9(4-2-7)13-10-5-8(12)6-10/h1-4,8,10,13H,5-6,12H2. The average molecular weight is 288 g/mol. The van der Waals surface area contributed by atoms with Crippen molar-refractivity contribution in [2.75, 3.05) is 5.32 Å². The van der Waals surface area contributed by atoms with E-state index in [9.17, 15) is 0 Å². The molecule has 0 atom stereocenters. The van der Waals surface area contributed by atoms with Crippen molar-refractivity contribution in [1.82, 2.24) is 0 Å². The molecule has 1 aliphatic rings. The molecule has 3 heteroatoms. The van der Waals surface area contributed by atoms with Gasteiger partial charge in [-0.15, -0.1) is 0 Å². The molecule has 0 heterocycles. The van der Waals surface area contributed by atoms with Crippen molar-refractivity contribution in [2.45, 2.75) is 24.9 Å². The van der Waals surface area contributed by atoms with Gasteiger partial charge >= 0.3 is 0 Å². The molecule has 2 rings (SSSR count). The van der Waals surface area contributed by atoms with E-state index in [0.29, 0.717) is 12.1 Å². The molecule has 0 aromatic heterocycles. The van der Waals surface area contributed by atoms with Crippen molar-refractivity contribution in [3.8, 4) is 0 Å². The fourth-order valence-electron chi connectivity index (χ4n) is 1.56. The Balaban J connectivity index is 1.91. The van der Waals surface area contributed by atoms with Gasteiger partial charge in [0, 0.05) is 21.3 Å². The highest BCUT2D eigenvalue weighted by atomic mass is 127. The van der Waals surface area contributed by atoms with E-state index in [1.807, 2.05) is 0 Å². The predicted octanol–water partition coefficient (Wildman–Crippen LogP) is 2.19. The van der Waals surface area contributed by atoms with E-state index in [1.165, 1.54) is 9.26 Å². The Morgan fingerprint density at radius 3 is 2.38 bits per heavy atom. The van der Waals surface area contributed by atoms with E-state index < -0.39 is 0 Å². The van der Waals surface area contributed by atoms with Crippen LogP contribution in [0, 0.1) is 3.57 Å². The molecule has 0 unspecified atom stereocenters. The van der Waals surface area contributed by atoms with Gasteiger partial charge in [-0.05, 0) is 59.7 Å². The highest BCUT2D eigenvalue weighted by Crippen LogP contribution is 2.22. The summed E-state index contributed by atoms with van der Waals surface area (Å²) in [6, 6.07) is 9.47. The highest BCUT2D eigenvalue weighted by Gasteiger charge is 2.25. The third kappa shape index (κ3) is 2.34. The van der Waals surface area contributed by atoms with Crippen LogP contribution in [-0.2, 0) is 0 Å². The van der Waals surface area contributed by atoms with Gasteiger partial charge < -0.3 is 11.1 Å². The fraction of sp³-hybridized carbons (Fsp3) is 0.400. The predicted molar refractivity (Wildman–Crippen MR) is 63.8 cm³/mol. The van der Waals surface area contributed by atoms with Gasteiger partial charge in [-0.1, -0.05) is 0 Å². The Morgan fingerprint density at radius 1 is 1.23 bits per heavy atom. The number of hydrogen-bond acceptors (Lipinski definition) is 2. The minimum absolute atomic E-state index is 0.418. The van der Waals surface area contributed by atoms with Crippen LogP contribution in [-0.4, -0.2) is 12.1 Å². The largest absolute Gasteiger partial charge is 0.382 e. The van der Waals surface area contributed by atoms with E-state index in [-0.39, 0.29) is 0 Å². The molecule has 0 bridgehead atoms. The molecule has 1 aromatic rings. The maximum atomic E-state index is 5.71. The summed E-state index contributed by atoms with van der Waals surface area (Å²) in [5.41, 5.74) is 6.91. The second-order valence-electron chi connectivity index (χ2n) is 3.58. The van der Waals surface area contributed by atoms with Gasteiger partial charge in [-0.25, -0.2) is 0 Å². The van der Waals surface area contributed by atoms with Crippen LogP contribution in [0.4, 0.5) is 5.69 Å². The lowest BCUT2D eigenvalue weighted by Crippen LogP contribution is -2.44. The van der Waals surface area contributed by atoms with Crippen LogP contribution in [0.5, 0.6) is 0 Å². The van der Waals surface area contributed by atoms with E-state index >= 15 is 0 Å². The minimum Gasteiger partial charge on any atom is -0.382 e. The van der Waals surface area contributed by atoms with Crippen molar-refractivity contribution in [3.05, 3.63) is 27.8 Å². The summed E-state index contributed by atoms with van der Waals surface area (Å²) in [4.78, 5) is 0. The van der Waals surface area contributed by atoms with Gasteiger partial charge in [0.2, 0.25) is 0 Å². The molecule has 0 radical (unpaired) electrons. The van der Waals surface area contributed by atoms with E-state index in [2.05, 4.69) is 52.2 Å². The lowest BCUT2D eigenvalue weighted by atomic mass is 9.87. The number of rotatable bonds is 2. The zero-order valence-electron chi connectivity index (χ0n) is 7.33. The summed E-state index contributed by atoms with van der Waals surface area (Å²) in [7, 11) is 0. The third-order valence-corrected chi connectivity index (χ3v) is 3.11. The maximum Gasteiger partial charge on any atom is 0.0343 e. The monoisotopic (exact) mass is 288 g/mol. The zero-order chi connectivity index (χ0) is 9.26. The first-order valence-electron chi connectivity index (χ1n) is 4.52. The Hall–Kier alpha value is -0.290. The summed E-state index contributed by atoms with van der Waals surface area (Å²) in [6.45, 7) is 0. The van der Waals surface area contributed by atoms with Crippen LogP contribution in [0.25, 0.3) is 0 Å². The molecule has 70 valence electrons. The third-order valence-electron chi connectivity index (χ3n) is 2.39. The van der Waals surface area contributed by atoms with Crippen LogP contribution in [0.1, 0.15) is 12.8 Å². The number of anilines is 1. The van der Waals surface area contributed by atoms with Crippen molar-refractivity contribution >= 4 is 28.3 Å². The molecule has 0 saturated heterocycles. The van der Waals surface area contributed by atoms with Crippen LogP contribution in [0.2, 0.25) is 0 Å². The number of benzene rings is 1. The lowest BCUT2D eigenvalue weighted by molar-refractivity contribution is 0.373. The quantitative estimate of drug-likeness (QED) is 0.819. The molecular weight excluding hydrogens is 275 g/mol. The smallest absolute Gasteiger partial charge is 0.0343 e. The van der Waals surface area contributed by atoms with Gasteiger partial charge in [0.1, 0.15) is 0 Å². The fourth-order valence-corrected chi connectivity index (χ4v) is 1.92. The highest BCUT2D eigenvalue weighted by molar-refractivity contribution is 14.1. The van der Waals surface area contributed by atoms with E-state index in [0.717, 1.165) is 12.8 Å². The molecule has 1 fully saturated rings. The Bertz CT molecular complexity index is 277. The molecule has 1 saturated carbocycles. The van der Waals surface area contributed by atoms with Gasteiger partial charge in [-0.3, -0.25) is 0 Å². The number of hydrogen-bond donors (Lipinski definition) is 2. The minimum atomic E-state index is 0.418. The maximum absolute atomic E-state index is 5.71. The summed E-state index contributed by atoms with van der Waals surface area (Å²) >= 11 is 2.31. The molecule has 1 aliphatic carbocycles. The van der Waals surface area contributed by atoms with Gasteiger partial charge in [0.15, 0.2) is 0 Å². The Morgan fingerprint density at radius 2 is 1.85 bits per heavy atom. The van der Waals surface area contributed by atoms with Crippen LogP contribution in [0.15, 0.2) is 24.3 Å². The topological polar surface area (TPSA) is 38.0 Å². The lowest BCUT2D eigenvalue weighted by Gasteiger charge is -2.33. The average Bonchev–Trinajstić information content (AvgIpc) is 2.06. The van der Waals surface area contributed by atoms with E-state index in [4.69, 9.17) is 5.73 Å². The van der Waals surface area contributed by atoms with Crippen LogP contribution in [0.3, 0.4) is 0 Å². The summed E-state index contributed by atoms with van der Waals surface area (Å²) in [5.74, 6) is 0. The first kappa shape index (κ1) is 9.27. The normalized spacial score (nSPS) is 26.6. The summed E-state index contributed by atoms with van der Waals surface area (Å²) in [5, 5.41) is 3.45. The summed E-state index contributed by atoms with van der Waals surface area (Å²) in [6.07, 6.45) is 2.21. The number of nitrogens with one attached hydrogen (secondary N) is 1. The van der Waals surface area contributed by atoms with Crippen molar-refractivity contribution in [3.63, 3.8) is 0 Å². The van der Waals surface area contributed by atoms with Crippen molar-refractivity contribution in [1.29, 1.82) is 0 Å². The molecule has 0 amide bonds. The first-order chi connectivity index (χ1) is 6.24. The molecule has 13 heavy (non-hydrogen) atoms. The SMILES string of the molecule is NC1CC(Nc2ccc(I)cc2)C1. The number of halogens is 1.